The SMILES string of the molecule is C[C@H](NCl)c1cc2cc(Cl)ccc2[nH]c1=O. The Kier molecular flexibility index (Phi) is 3.19. The maximum absolute atomic E-state index is 11.7. The molecule has 0 saturated carbocycles. The van der Waals surface area contributed by atoms with Crippen molar-refractivity contribution in [3.05, 3.63) is 45.2 Å². The number of H-pyrrole nitrogens is 1. The Bertz CT molecular complexity index is 580. The lowest BCUT2D eigenvalue weighted by molar-refractivity contribution is 0.735. The summed E-state index contributed by atoms with van der Waals surface area (Å²) in [5.74, 6) is 0. The first-order chi connectivity index (χ1) is 7.61. The Hall–Kier alpha value is -1.03. The second kappa shape index (κ2) is 4.45. The van der Waals surface area contributed by atoms with Crippen LogP contribution in [0.15, 0.2) is 29.1 Å². The molecular formula is C11H10Cl2N2O. The number of benzene rings is 1. The smallest absolute Gasteiger partial charge is 0.253 e. The molecule has 2 rings (SSSR count). The highest BCUT2D eigenvalue weighted by atomic mass is 35.5. The van der Waals surface area contributed by atoms with Gasteiger partial charge in [-0.3, -0.25) is 4.79 Å². The quantitative estimate of drug-likeness (QED) is 0.812. The third-order valence-electron chi connectivity index (χ3n) is 2.47. The summed E-state index contributed by atoms with van der Waals surface area (Å²) < 4.78 is 0. The zero-order valence-corrected chi connectivity index (χ0v) is 10.1. The van der Waals surface area contributed by atoms with Gasteiger partial charge >= 0.3 is 0 Å². The molecule has 0 spiro atoms. The van der Waals surface area contributed by atoms with Crippen molar-refractivity contribution in [1.29, 1.82) is 0 Å². The fraction of sp³-hybridized carbons (Fsp3) is 0.182. The maximum atomic E-state index is 11.7. The molecule has 0 aliphatic rings. The summed E-state index contributed by atoms with van der Waals surface area (Å²) in [6.07, 6.45) is 0. The van der Waals surface area contributed by atoms with E-state index in [2.05, 4.69) is 9.82 Å². The first kappa shape index (κ1) is 11.5. The summed E-state index contributed by atoms with van der Waals surface area (Å²) in [7, 11) is 0. The van der Waals surface area contributed by atoms with Gasteiger partial charge in [-0.15, -0.1) is 0 Å². The Morgan fingerprint density at radius 2 is 2.12 bits per heavy atom. The average molecular weight is 257 g/mol. The Morgan fingerprint density at radius 1 is 1.38 bits per heavy atom. The zero-order valence-electron chi connectivity index (χ0n) is 8.55. The number of fused-ring (bicyclic) bond motifs is 1. The molecule has 2 N–H and O–H groups in total. The molecule has 0 aliphatic carbocycles. The van der Waals surface area contributed by atoms with Crippen molar-refractivity contribution >= 4 is 34.3 Å². The molecule has 0 saturated heterocycles. The van der Waals surface area contributed by atoms with E-state index in [-0.39, 0.29) is 11.6 Å². The van der Waals surface area contributed by atoms with E-state index in [1.54, 1.807) is 24.3 Å². The first-order valence-corrected chi connectivity index (χ1v) is 5.56. The monoisotopic (exact) mass is 256 g/mol. The van der Waals surface area contributed by atoms with Crippen LogP contribution in [0.4, 0.5) is 0 Å². The van der Waals surface area contributed by atoms with Crippen LogP contribution in [0, 0.1) is 0 Å². The van der Waals surface area contributed by atoms with Crippen LogP contribution < -0.4 is 10.4 Å². The van der Waals surface area contributed by atoms with Crippen LogP contribution >= 0.6 is 23.4 Å². The van der Waals surface area contributed by atoms with Gasteiger partial charge in [0.25, 0.3) is 5.56 Å². The molecule has 1 aromatic carbocycles. The number of hydrogen-bond acceptors (Lipinski definition) is 2. The van der Waals surface area contributed by atoms with Crippen molar-refractivity contribution in [1.82, 2.24) is 9.82 Å². The molecule has 5 heteroatoms. The third-order valence-corrected chi connectivity index (χ3v) is 3.03. The maximum Gasteiger partial charge on any atom is 0.253 e. The molecular weight excluding hydrogens is 247 g/mol. The normalized spacial score (nSPS) is 12.9. The van der Waals surface area contributed by atoms with Gasteiger partial charge in [-0.2, -0.15) is 0 Å². The number of nitrogens with one attached hydrogen (secondary N) is 2. The standard InChI is InChI=1S/C11H10Cl2N2O/c1-6(15-13)9-5-7-4-8(12)2-3-10(7)14-11(9)16/h2-6,15H,1H3,(H,14,16)/t6-/m0/s1. The van der Waals surface area contributed by atoms with Crippen molar-refractivity contribution in [3.8, 4) is 0 Å². The van der Waals surface area contributed by atoms with Crippen molar-refractivity contribution < 1.29 is 0 Å². The molecule has 3 nitrogen and oxygen atoms in total. The van der Waals surface area contributed by atoms with E-state index in [4.69, 9.17) is 23.4 Å². The van der Waals surface area contributed by atoms with E-state index in [0.717, 1.165) is 10.9 Å². The lowest BCUT2D eigenvalue weighted by Gasteiger charge is -2.08. The zero-order chi connectivity index (χ0) is 11.7. The molecule has 1 aromatic heterocycles. The van der Waals surface area contributed by atoms with Crippen LogP contribution in [0.1, 0.15) is 18.5 Å². The Morgan fingerprint density at radius 3 is 2.81 bits per heavy atom. The summed E-state index contributed by atoms with van der Waals surface area (Å²) in [5, 5.41) is 1.53. The lowest BCUT2D eigenvalue weighted by Crippen LogP contribution is -2.19. The van der Waals surface area contributed by atoms with Gasteiger partial charge in [-0.1, -0.05) is 11.6 Å². The topological polar surface area (TPSA) is 44.9 Å². The highest BCUT2D eigenvalue weighted by Gasteiger charge is 2.09. The van der Waals surface area contributed by atoms with Gasteiger partial charge in [0.1, 0.15) is 0 Å². The average Bonchev–Trinajstić information content (AvgIpc) is 2.28. The van der Waals surface area contributed by atoms with Crippen molar-refractivity contribution in [2.24, 2.45) is 0 Å². The Labute approximate surface area is 102 Å². The summed E-state index contributed by atoms with van der Waals surface area (Å²) >= 11 is 11.4. The second-order valence-electron chi connectivity index (χ2n) is 3.62. The van der Waals surface area contributed by atoms with Gasteiger partial charge in [0.05, 0.1) is 0 Å². The fourth-order valence-corrected chi connectivity index (χ4v) is 1.87. The largest absolute Gasteiger partial charge is 0.322 e. The molecule has 0 fully saturated rings. The van der Waals surface area contributed by atoms with Crippen LogP contribution in [-0.2, 0) is 0 Å². The van der Waals surface area contributed by atoms with Crippen molar-refractivity contribution in [3.63, 3.8) is 0 Å². The van der Waals surface area contributed by atoms with E-state index in [9.17, 15) is 4.79 Å². The second-order valence-corrected chi connectivity index (χ2v) is 4.27. The van der Waals surface area contributed by atoms with Crippen LogP contribution in [0.3, 0.4) is 0 Å². The summed E-state index contributed by atoms with van der Waals surface area (Å²) in [6, 6.07) is 6.90. The highest BCUT2D eigenvalue weighted by molar-refractivity contribution is 6.31. The van der Waals surface area contributed by atoms with Gasteiger partial charge in [0, 0.05) is 27.5 Å². The molecule has 0 amide bonds. The van der Waals surface area contributed by atoms with Crippen molar-refractivity contribution in [2.45, 2.75) is 13.0 Å². The highest BCUT2D eigenvalue weighted by Crippen LogP contribution is 2.19. The molecule has 16 heavy (non-hydrogen) atoms. The number of halogens is 2. The molecule has 1 atom stereocenters. The predicted molar refractivity (Wildman–Crippen MR) is 67.0 cm³/mol. The molecule has 84 valence electrons. The van der Waals surface area contributed by atoms with Gasteiger partial charge in [0.15, 0.2) is 0 Å². The minimum atomic E-state index is -0.214. The minimum Gasteiger partial charge on any atom is -0.322 e. The Balaban J connectivity index is 2.69. The van der Waals surface area contributed by atoms with E-state index in [0.29, 0.717) is 10.6 Å². The minimum absolute atomic E-state index is 0.143. The van der Waals surface area contributed by atoms with E-state index < -0.39 is 0 Å². The molecule has 0 unspecified atom stereocenters. The van der Waals surface area contributed by atoms with Crippen LogP contribution in [-0.4, -0.2) is 4.98 Å². The third kappa shape index (κ3) is 2.07. The summed E-state index contributed by atoms with van der Waals surface area (Å²) in [4.78, 5) is 17.0. The molecule has 0 aliphatic heterocycles. The van der Waals surface area contributed by atoms with Crippen LogP contribution in [0.2, 0.25) is 5.02 Å². The fourth-order valence-electron chi connectivity index (χ4n) is 1.57. The first-order valence-electron chi connectivity index (χ1n) is 4.80. The van der Waals surface area contributed by atoms with E-state index in [1.807, 2.05) is 6.92 Å². The van der Waals surface area contributed by atoms with Gasteiger partial charge in [-0.25, -0.2) is 4.84 Å². The number of aromatic amines is 1. The van der Waals surface area contributed by atoms with Gasteiger partial charge in [-0.05, 0) is 43.0 Å². The summed E-state index contributed by atoms with van der Waals surface area (Å²) in [5.41, 5.74) is 1.21. The number of pyridine rings is 1. The van der Waals surface area contributed by atoms with E-state index in [1.165, 1.54) is 0 Å². The van der Waals surface area contributed by atoms with Crippen LogP contribution in [0.5, 0.6) is 0 Å². The van der Waals surface area contributed by atoms with Crippen LogP contribution in [0.25, 0.3) is 10.9 Å². The number of rotatable bonds is 2. The molecule has 0 radical (unpaired) electrons. The van der Waals surface area contributed by atoms with Gasteiger partial charge < -0.3 is 4.98 Å². The number of hydrogen-bond donors (Lipinski definition) is 2. The summed E-state index contributed by atoms with van der Waals surface area (Å²) in [6.45, 7) is 1.81. The predicted octanol–water partition coefficient (Wildman–Crippen LogP) is 2.99. The molecule has 1 heterocycles. The molecule has 0 bridgehead atoms. The van der Waals surface area contributed by atoms with E-state index >= 15 is 0 Å². The number of aromatic nitrogens is 1. The van der Waals surface area contributed by atoms with Gasteiger partial charge in [0.2, 0.25) is 0 Å². The van der Waals surface area contributed by atoms with Crippen molar-refractivity contribution in [2.75, 3.05) is 0 Å². The lowest BCUT2D eigenvalue weighted by atomic mass is 10.1. The molecule has 2 aromatic rings.